The second-order valence-corrected chi connectivity index (χ2v) is 13.3. The van der Waals surface area contributed by atoms with Crippen LogP contribution < -0.4 is 0 Å². The first kappa shape index (κ1) is 22.0. The first-order chi connectivity index (χ1) is 15.1. The molecule has 0 spiro atoms. The van der Waals surface area contributed by atoms with E-state index >= 15 is 0 Å². The van der Waals surface area contributed by atoms with Gasteiger partial charge in [-0.3, -0.25) is 4.79 Å². The third kappa shape index (κ3) is 3.69. The molecule has 6 atom stereocenters. The maximum absolute atomic E-state index is 13.1. The van der Waals surface area contributed by atoms with Gasteiger partial charge >= 0.3 is 5.97 Å². The molecule has 1 saturated carbocycles. The molecule has 1 aromatic carbocycles. The lowest BCUT2D eigenvalue weighted by Gasteiger charge is -2.51. The predicted octanol–water partition coefficient (Wildman–Crippen LogP) is 4.65. The number of hydrogen-bond acceptors (Lipinski definition) is 6. The number of aromatic nitrogens is 1. The van der Waals surface area contributed by atoms with Crippen LogP contribution in [-0.2, 0) is 37.3 Å². The molecule has 2 heterocycles. The highest BCUT2D eigenvalue weighted by Crippen LogP contribution is 2.59. The van der Waals surface area contributed by atoms with Gasteiger partial charge in [0.15, 0.2) is 9.84 Å². The summed E-state index contributed by atoms with van der Waals surface area (Å²) in [5.74, 6) is -0.202. The lowest BCUT2D eigenvalue weighted by Crippen LogP contribution is -2.50. The van der Waals surface area contributed by atoms with Gasteiger partial charge in [-0.1, -0.05) is 32.9 Å². The van der Waals surface area contributed by atoms with Crippen LogP contribution in [-0.4, -0.2) is 25.5 Å². The van der Waals surface area contributed by atoms with Crippen LogP contribution in [0.1, 0.15) is 60.7 Å². The molecule has 5 nitrogen and oxygen atoms in total. The molecule has 0 bridgehead atoms. The highest BCUT2D eigenvalue weighted by atomic mass is 32.2. The maximum Gasteiger partial charge on any atom is 0.309 e. The first-order valence-corrected chi connectivity index (χ1v) is 13.8. The zero-order valence-electron chi connectivity index (χ0n) is 18.5. The fourth-order valence-corrected chi connectivity index (χ4v) is 9.45. The summed E-state index contributed by atoms with van der Waals surface area (Å²) in [5.41, 5.74) is 1.57. The number of sulfone groups is 1. The Kier molecular flexibility index (Phi) is 5.24. The molecule has 0 radical (unpaired) electrons. The van der Waals surface area contributed by atoms with Crippen molar-refractivity contribution in [2.24, 2.45) is 23.2 Å². The fraction of sp³-hybridized carbons (Fsp3) is 0.583. The highest BCUT2D eigenvalue weighted by molar-refractivity contribution is 7.90. The summed E-state index contributed by atoms with van der Waals surface area (Å²) in [6.45, 7) is 6.41. The normalized spacial score (nSPS) is 33.9. The van der Waals surface area contributed by atoms with Crippen LogP contribution in [0.4, 0.5) is 4.39 Å². The molecule has 3 aliphatic rings. The molecular weight excluding hydrogens is 449 g/mol. The van der Waals surface area contributed by atoms with Crippen molar-refractivity contribution < 1.29 is 22.3 Å². The van der Waals surface area contributed by atoms with E-state index in [9.17, 15) is 17.6 Å². The zero-order valence-corrected chi connectivity index (χ0v) is 20.1. The number of rotatable bonds is 4. The summed E-state index contributed by atoms with van der Waals surface area (Å²) in [7, 11) is -3.43. The van der Waals surface area contributed by atoms with Crippen molar-refractivity contribution in [1.29, 1.82) is 0 Å². The number of nitrogens with zero attached hydrogens (tertiary/aromatic N) is 1. The molecular formula is C24H28FNO4S2. The quantitative estimate of drug-likeness (QED) is 0.600. The summed E-state index contributed by atoms with van der Waals surface area (Å²) in [6, 6.07) is 5.57. The largest absolute Gasteiger partial charge is 0.461 e. The number of halogens is 1. The van der Waals surface area contributed by atoms with Gasteiger partial charge < -0.3 is 4.74 Å². The second kappa shape index (κ2) is 7.62. The van der Waals surface area contributed by atoms with Crippen LogP contribution in [0.25, 0.3) is 0 Å². The third-order valence-electron chi connectivity index (χ3n) is 7.85. The van der Waals surface area contributed by atoms with Crippen molar-refractivity contribution in [1.82, 2.24) is 4.98 Å². The van der Waals surface area contributed by atoms with Crippen molar-refractivity contribution in [2.45, 2.75) is 63.6 Å². The topological polar surface area (TPSA) is 73.3 Å². The summed E-state index contributed by atoms with van der Waals surface area (Å²) in [6.07, 6.45) is 2.80. The SMILES string of the molecule is C[C@@H]1C(=O)O[C@H]2[C@H]1CC[C@@]1(C)Cc3sc(CS(=O)(=O)Cc4ccc(F)cc4)nc3[C@@H](C)[C@H]21. The van der Waals surface area contributed by atoms with E-state index in [1.807, 2.05) is 6.92 Å². The third-order valence-corrected chi connectivity index (χ3v) is 10.6. The molecule has 2 fully saturated rings. The van der Waals surface area contributed by atoms with E-state index in [0.717, 1.165) is 25.0 Å². The Morgan fingerprint density at radius 2 is 1.91 bits per heavy atom. The Balaban J connectivity index is 1.39. The minimum absolute atomic E-state index is 0.0225. The van der Waals surface area contributed by atoms with Gasteiger partial charge in [0.2, 0.25) is 0 Å². The number of benzene rings is 1. The zero-order chi connectivity index (χ0) is 22.8. The van der Waals surface area contributed by atoms with Gasteiger partial charge in [-0.2, -0.15) is 0 Å². The average Bonchev–Trinajstić information content (AvgIpc) is 3.22. The molecule has 32 heavy (non-hydrogen) atoms. The summed E-state index contributed by atoms with van der Waals surface area (Å²) >= 11 is 1.50. The van der Waals surface area contributed by atoms with E-state index in [2.05, 4.69) is 13.8 Å². The molecule has 0 amide bonds. The summed E-state index contributed by atoms with van der Waals surface area (Å²) in [5, 5.41) is 0.611. The lowest BCUT2D eigenvalue weighted by molar-refractivity contribution is -0.149. The second-order valence-electron chi connectivity index (χ2n) is 10.1. The first-order valence-electron chi connectivity index (χ1n) is 11.2. The average molecular weight is 478 g/mol. The summed E-state index contributed by atoms with van der Waals surface area (Å²) in [4.78, 5) is 18.2. The number of thiazole rings is 1. The van der Waals surface area contributed by atoms with E-state index < -0.39 is 9.84 Å². The molecule has 1 aromatic heterocycles. The van der Waals surface area contributed by atoms with Crippen molar-refractivity contribution in [3.8, 4) is 0 Å². The van der Waals surface area contributed by atoms with Crippen LogP contribution >= 0.6 is 11.3 Å². The minimum atomic E-state index is -3.43. The monoisotopic (exact) mass is 477 g/mol. The Bertz CT molecular complexity index is 1160. The molecule has 1 saturated heterocycles. The fourth-order valence-electron chi connectivity index (χ4n) is 6.26. The van der Waals surface area contributed by atoms with Crippen LogP contribution in [0, 0.1) is 29.0 Å². The van der Waals surface area contributed by atoms with E-state index in [1.54, 1.807) is 0 Å². The van der Waals surface area contributed by atoms with Crippen LogP contribution in [0.2, 0.25) is 0 Å². The molecule has 8 heteroatoms. The Morgan fingerprint density at radius 1 is 1.19 bits per heavy atom. The number of ether oxygens (including phenoxy) is 1. The van der Waals surface area contributed by atoms with E-state index in [0.29, 0.717) is 10.6 Å². The van der Waals surface area contributed by atoms with Crippen molar-refractivity contribution in [3.63, 3.8) is 0 Å². The number of carbonyl (C=O) groups is 1. The molecule has 0 N–H and O–H groups in total. The van der Waals surface area contributed by atoms with Gasteiger partial charge in [-0.05, 0) is 42.4 Å². The van der Waals surface area contributed by atoms with Crippen LogP contribution in [0.15, 0.2) is 24.3 Å². The van der Waals surface area contributed by atoms with Crippen molar-refractivity contribution >= 4 is 27.1 Å². The number of esters is 1. The smallest absolute Gasteiger partial charge is 0.309 e. The number of carbonyl (C=O) groups excluding carboxylic acids is 1. The van der Waals surface area contributed by atoms with Crippen molar-refractivity contribution in [3.05, 3.63) is 51.2 Å². The highest BCUT2D eigenvalue weighted by Gasteiger charge is 2.58. The summed E-state index contributed by atoms with van der Waals surface area (Å²) < 4.78 is 44.6. The number of fused-ring (bicyclic) bond motifs is 4. The maximum atomic E-state index is 13.1. The lowest BCUT2D eigenvalue weighted by atomic mass is 9.54. The van der Waals surface area contributed by atoms with Gasteiger partial charge in [-0.25, -0.2) is 17.8 Å². The Morgan fingerprint density at radius 3 is 2.62 bits per heavy atom. The molecule has 5 rings (SSSR count). The van der Waals surface area contributed by atoms with Crippen molar-refractivity contribution in [2.75, 3.05) is 0 Å². The van der Waals surface area contributed by atoms with Crippen LogP contribution in [0.5, 0.6) is 0 Å². The molecule has 2 aromatic rings. The van der Waals surface area contributed by atoms with E-state index in [1.165, 1.54) is 40.5 Å². The molecule has 0 unspecified atom stereocenters. The van der Waals surface area contributed by atoms with Gasteiger partial charge in [0.1, 0.15) is 22.7 Å². The van der Waals surface area contributed by atoms with E-state index in [-0.39, 0.29) is 58.5 Å². The predicted molar refractivity (Wildman–Crippen MR) is 120 cm³/mol. The Labute approximate surface area is 192 Å². The standard InChI is InChI=1S/C24H28FNO4S2/c1-13-17-8-9-24(3)10-18-21(14(2)20(24)22(17)30-23(13)27)26-19(31-18)12-32(28,29)11-15-4-6-16(25)7-5-15/h4-7,13-14,17,20,22H,8-12H2,1-3H3/t13-,14-,17-,20+,22-,24-/m0/s1. The van der Waals surface area contributed by atoms with Gasteiger partial charge in [0.05, 0.1) is 17.4 Å². The molecule has 2 aliphatic carbocycles. The van der Waals surface area contributed by atoms with Gasteiger partial charge in [0.25, 0.3) is 0 Å². The van der Waals surface area contributed by atoms with Gasteiger partial charge in [-0.15, -0.1) is 11.3 Å². The van der Waals surface area contributed by atoms with Crippen LogP contribution in [0.3, 0.4) is 0 Å². The Hall–Kier alpha value is -1.80. The molecule has 1 aliphatic heterocycles. The number of hydrogen-bond donors (Lipinski definition) is 0. The molecule has 172 valence electrons. The van der Waals surface area contributed by atoms with Gasteiger partial charge in [0, 0.05) is 22.6 Å². The minimum Gasteiger partial charge on any atom is -0.461 e. The van der Waals surface area contributed by atoms with E-state index in [4.69, 9.17) is 9.72 Å².